The van der Waals surface area contributed by atoms with Crippen LogP contribution in [-0.2, 0) is 22.6 Å². The highest BCUT2D eigenvalue weighted by Gasteiger charge is 2.33. The number of ether oxygens (including phenoxy) is 2. The summed E-state index contributed by atoms with van der Waals surface area (Å²) in [4.78, 5) is 26.6. The molecule has 7 heteroatoms. The lowest BCUT2D eigenvalue weighted by Crippen LogP contribution is -2.33. The Morgan fingerprint density at radius 1 is 1.14 bits per heavy atom. The van der Waals surface area contributed by atoms with E-state index in [1.165, 1.54) is 0 Å². The van der Waals surface area contributed by atoms with Gasteiger partial charge < -0.3 is 19.7 Å². The lowest BCUT2D eigenvalue weighted by Gasteiger charge is -2.17. The van der Waals surface area contributed by atoms with Crippen molar-refractivity contribution in [1.82, 2.24) is 10.2 Å². The highest BCUT2D eigenvalue weighted by Crippen LogP contribution is 2.28. The number of carbonyl (C=O) groups is 2. The molecule has 1 aliphatic heterocycles. The minimum Gasteiger partial charge on any atom is -0.493 e. The van der Waals surface area contributed by atoms with Crippen LogP contribution in [-0.4, -0.2) is 44.0 Å². The molecule has 29 heavy (non-hydrogen) atoms. The molecule has 1 saturated heterocycles. The Morgan fingerprint density at radius 2 is 1.93 bits per heavy atom. The van der Waals surface area contributed by atoms with Gasteiger partial charge in [0.25, 0.3) is 0 Å². The highest BCUT2D eigenvalue weighted by atomic mass is 35.5. The number of methoxy groups -OCH3 is 2. The zero-order valence-electron chi connectivity index (χ0n) is 16.6. The fourth-order valence-corrected chi connectivity index (χ4v) is 3.66. The molecule has 154 valence electrons. The predicted octanol–water partition coefficient (Wildman–Crippen LogP) is 3.06. The molecular formula is C22H25ClN2O4. The van der Waals surface area contributed by atoms with Gasteiger partial charge in [-0.1, -0.05) is 29.8 Å². The Balaban J connectivity index is 1.51. The van der Waals surface area contributed by atoms with Gasteiger partial charge >= 0.3 is 0 Å². The van der Waals surface area contributed by atoms with E-state index in [2.05, 4.69) is 5.32 Å². The van der Waals surface area contributed by atoms with Gasteiger partial charge in [-0.3, -0.25) is 9.59 Å². The summed E-state index contributed by atoms with van der Waals surface area (Å²) >= 11 is 5.97. The third kappa shape index (κ3) is 5.41. The van der Waals surface area contributed by atoms with Gasteiger partial charge in [-0.25, -0.2) is 0 Å². The number of hydrogen-bond acceptors (Lipinski definition) is 4. The first-order valence-electron chi connectivity index (χ1n) is 9.51. The molecule has 2 aromatic carbocycles. The van der Waals surface area contributed by atoms with Gasteiger partial charge in [0, 0.05) is 31.1 Å². The number of nitrogens with zero attached hydrogens (tertiary/aromatic N) is 1. The second kappa shape index (κ2) is 9.65. The number of nitrogens with one attached hydrogen (secondary N) is 1. The molecule has 1 N–H and O–H groups in total. The van der Waals surface area contributed by atoms with Crippen molar-refractivity contribution in [2.45, 2.75) is 19.4 Å². The Labute approximate surface area is 175 Å². The molecule has 0 aliphatic carbocycles. The molecule has 0 radical (unpaired) electrons. The van der Waals surface area contributed by atoms with Gasteiger partial charge in [0.05, 0.1) is 20.1 Å². The summed E-state index contributed by atoms with van der Waals surface area (Å²) in [6.45, 7) is 1.40. The van der Waals surface area contributed by atoms with Crippen LogP contribution in [0, 0.1) is 5.92 Å². The maximum atomic E-state index is 12.5. The molecule has 3 rings (SSSR count). The number of halogens is 1. The first-order chi connectivity index (χ1) is 14.0. The van der Waals surface area contributed by atoms with Crippen LogP contribution in [0.2, 0.25) is 5.02 Å². The zero-order valence-corrected chi connectivity index (χ0v) is 17.4. The van der Waals surface area contributed by atoms with Crippen LogP contribution in [0.4, 0.5) is 0 Å². The largest absolute Gasteiger partial charge is 0.493 e. The van der Waals surface area contributed by atoms with Gasteiger partial charge in [-0.05, 0) is 41.8 Å². The topological polar surface area (TPSA) is 67.9 Å². The van der Waals surface area contributed by atoms with Crippen LogP contribution in [0.25, 0.3) is 0 Å². The van der Waals surface area contributed by atoms with Crippen molar-refractivity contribution in [3.8, 4) is 11.5 Å². The third-order valence-electron chi connectivity index (χ3n) is 5.06. The molecule has 0 saturated carbocycles. The van der Waals surface area contributed by atoms with Crippen LogP contribution < -0.4 is 14.8 Å². The van der Waals surface area contributed by atoms with Crippen molar-refractivity contribution in [3.63, 3.8) is 0 Å². The summed E-state index contributed by atoms with van der Waals surface area (Å²) in [6, 6.07) is 13.1. The van der Waals surface area contributed by atoms with Crippen molar-refractivity contribution >= 4 is 23.4 Å². The predicted molar refractivity (Wildman–Crippen MR) is 111 cm³/mol. The average Bonchev–Trinajstić information content (AvgIpc) is 3.11. The molecule has 1 heterocycles. The Bertz CT molecular complexity index is 887. The highest BCUT2D eigenvalue weighted by molar-refractivity contribution is 6.30. The third-order valence-corrected chi connectivity index (χ3v) is 5.29. The van der Waals surface area contributed by atoms with Gasteiger partial charge in [-0.2, -0.15) is 0 Å². The maximum Gasteiger partial charge on any atom is 0.225 e. The molecular weight excluding hydrogens is 392 g/mol. The molecule has 0 aromatic heterocycles. The molecule has 0 bridgehead atoms. The van der Waals surface area contributed by atoms with E-state index in [0.717, 1.165) is 11.1 Å². The van der Waals surface area contributed by atoms with E-state index in [-0.39, 0.29) is 24.2 Å². The number of benzene rings is 2. The Morgan fingerprint density at radius 3 is 2.66 bits per heavy atom. The van der Waals surface area contributed by atoms with Gasteiger partial charge in [0.2, 0.25) is 11.8 Å². The van der Waals surface area contributed by atoms with Crippen LogP contribution in [0.1, 0.15) is 17.5 Å². The molecule has 1 fully saturated rings. The summed E-state index contributed by atoms with van der Waals surface area (Å²) in [5, 5.41) is 3.54. The van der Waals surface area contributed by atoms with Crippen LogP contribution in [0.5, 0.6) is 11.5 Å². The number of rotatable bonds is 8. The lowest BCUT2D eigenvalue weighted by molar-refractivity contribution is -0.129. The minimum absolute atomic E-state index is 0.00776. The summed E-state index contributed by atoms with van der Waals surface area (Å²) in [5.74, 6) is 0.911. The van der Waals surface area contributed by atoms with Crippen molar-refractivity contribution in [2.24, 2.45) is 5.92 Å². The van der Waals surface area contributed by atoms with E-state index >= 15 is 0 Å². The number of hydrogen-bond donors (Lipinski definition) is 1. The molecule has 2 aromatic rings. The van der Waals surface area contributed by atoms with E-state index in [1.54, 1.807) is 25.2 Å². The first kappa shape index (κ1) is 21.0. The smallest absolute Gasteiger partial charge is 0.225 e. The summed E-state index contributed by atoms with van der Waals surface area (Å²) < 4.78 is 10.6. The van der Waals surface area contributed by atoms with Gasteiger partial charge in [0.15, 0.2) is 11.5 Å². The van der Waals surface area contributed by atoms with E-state index in [0.29, 0.717) is 42.6 Å². The molecule has 1 unspecified atom stereocenters. The van der Waals surface area contributed by atoms with E-state index in [4.69, 9.17) is 21.1 Å². The van der Waals surface area contributed by atoms with E-state index in [9.17, 15) is 9.59 Å². The van der Waals surface area contributed by atoms with Crippen molar-refractivity contribution in [2.75, 3.05) is 27.3 Å². The number of amides is 2. The number of carbonyl (C=O) groups excluding carboxylic acids is 2. The van der Waals surface area contributed by atoms with Crippen LogP contribution in [0.15, 0.2) is 42.5 Å². The standard InChI is InChI=1S/C22H25ClN2O4/c1-28-19-7-6-15(11-20(19)29-2)8-9-25-14-17(12-21(25)26)22(27)24-13-16-4-3-5-18(23)10-16/h3-7,10-11,17H,8-9,12-14H2,1-2H3,(H,24,27). The molecule has 1 aliphatic rings. The van der Waals surface area contributed by atoms with Crippen molar-refractivity contribution in [1.29, 1.82) is 0 Å². The first-order valence-corrected chi connectivity index (χ1v) is 9.88. The van der Waals surface area contributed by atoms with Crippen molar-refractivity contribution < 1.29 is 19.1 Å². The van der Waals surface area contributed by atoms with Crippen LogP contribution >= 0.6 is 11.6 Å². The van der Waals surface area contributed by atoms with Gasteiger partial charge in [-0.15, -0.1) is 0 Å². The SMILES string of the molecule is COc1ccc(CCN2CC(C(=O)NCc3cccc(Cl)c3)CC2=O)cc1OC. The molecule has 2 amide bonds. The summed E-state index contributed by atoms with van der Waals surface area (Å²) in [5.41, 5.74) is 1.98. The lowest BCUT2D eigenvalue weighted by atomic mass is 10.1. The van der Waals surface area contributed by atoms with E-state index in [1.807, 2.05) is 36.4 Å². The summed E-state index contributed by atoms with van der Waals surface area (Å²) in [7, 11) is 3.19. The molecule has 1 atom stereocenters. The molecule has 0 spiro atoms. The van der Waals surface area contributed by atoms with Crippen LogP contribution in [0.3, 0.4) is 0 Å². The Hall–Kier alpha value is -2.73. The normalized spacial score (nSPS) is 16.0. The fraction of sp³-hybridized carbons (Fsp3) is 0.364. The average molecular weight is 417 g/mol. The second-order valence-electron chi connectivity index (χ2n) is 7.03. The zero-order chi connectivity index (χ0) is 20.8. The Kier molecular flexibility index (Phi) is 6.99. The monoisotopic (exact) mass is 416 g/mol. The van der Waals surface area contributed by atoms with Crippen molar-refractivity contribution in [3.05, 3.63) is 58.6 Å². The van der Waals surface area contributed by atoms with E-state index < -0.39 is 0 Å². The quantitative estimate of drug-likeness (QED) is 0.718. The second-order valence-corrected chi connectivity index (χ2v) is 7.46. The fourth-order valence-electron chi connectivity index (χ4n) is 3.44. The molecule has 6 nitrogen and oxygen atoms in total. The minimum atomic E-state index is -0.327. The number of likely N-dealkylation sites (tertiary alicyclic amines) is 1. The van der Waals surface area contributed by atoms with Gasteiger partial charge in [0.1, 0.15) is 0 Å². The maximum absolute atomic E-state index is 12.5. The summed E-state index contributed by atoms with van der Waals surface area (Å²) in [6.07, 6.45) is 0.927.